The molecule has 2 aromatic carbocycles. The Labute approximate surface area is 186 Å². The molecule has 0 aromatic heterocycles. The van der Waals surface area contributed by atoms with Crippen molar-refractivity contribution in [3.05, 3.63) is 95.3 Å². The monoisotopic (exact) mass is 415 g/mol. The van der Waals surface area contributed by atoms with Crippen molar-refractivity contribution < 1.29 is 9.47 Å². The molecule has 3 heteroatoms. The van der Waals surface area contributed by atoms with Crippen LogP contribution in [-0.4, -0.2) is 43.9 Å². The molecule has 1 aliphatic carbocycles. The second-order valence-electron chi connectivity index (χ2n) is 8.42. The summed E-state index contributed by atoms with van der Waals surface area (Å²) in [7, 11) is 0. The minimum absolute atomic E-state index is 0.151. The van der Waals surface area contributed by atoms with Gasteiger partial charge in [0.05, 0.1) is 25.9 Å². The summed E-state index contributed by atoms with van der Waals surface area (Å²) in [5, 5.41) is 0. The fourth-order valence-corrected chi connectivity index (χ4v) is 4.52. The highest BCUT2D eigenvalue weighted by Crippen LogP contribution is 2.43. The number of allylic oxidation sites excluding steroid dienone is 2. The van der Waals surface area contributed by atoms with E-state index in [1.807, 2.05) is 0 Å². The van der Waals surface area contributed by atoms with Crippen LogP contribution in [0.2, 0.25) is 0 Å². The van der Waals surface area contributed by atoms with Gasteiger partial charge in [-0.15, -0.1) is 0 Å². The third kappa shape index (κ3) is 4.84. The largest absolute Gasteiger partial charge is 0.493 e. The summed E-state index contributed by atoms with van der Waals surface area (Å²) in [6.07, 6.45) is 4.66. The Morgan fingerprint density at radius 2 is 1.68 bits per heavy atom. The summed E-state index contributed by atoms with van der Waals surface area (Å²) >= 11 is 0. The molecule has 3 nitrogen and oxygen atoms in total. The molecule has 0 amide bonds. The molecule has 1 fully saturated rings. The molecule has 0 radical (unpaired) electrons. The summed E-state index contributed by atoms with van der Waals surface area (Å²) in [6, 6.07) is 21.6. The van der Waals surface area contributed by atoms with Crippen LogP contribution in [0.4, 0.5) is 0 Å². The van der Waals surface area contributed by atoms with Crippen LogP contribution in [-0.2, 0) is 9.47 Å². The zero-order chi connectivity index (χ0) is 21.6. The van der Waals surface area contributed by atoms with Crippen molar-refractivity contribution in [3.8, 4) is 0 Å². The van der Waals surface area contributed by atoms with Crippen LogP contribution in [0.1, 0.15) is 31.9 Å². The molecule has 31 heavy (non-hydrogen) atoms. The maximum Gasteiger partial charge on any atom is 0.125 e. The van der Waals surface area contributed by atoms with Crippen LogP contribution in [0.15, 0.2) is 84.1 Å². The molecule has 0 bridgehead atoms. The molecule has 162 valence electrons. The fraction of sp³-hybridized carbons (Fsp3) is 0.357. The lowest BCUT2D eigenvalue weighted by atomic mass is 9.87. The summed E-state index contributed by atoms with van der Waals surface area (Å²) in [5.41, 5.74) is 6.36. The van der Waals surface area contributed by atoms with Gasteiger partial charge in [-0.05, 0) is 41.2 Å². The van der Waals surface area contributed by atoms with E-state index in [0.29, 0.717) is 12.5 Å². The standard InChI is InChI=1S/C28H33NO2/c1-4-31-26-20-25(23-13-9-6-10-14-23)28(29-15-17-30-18-16-29)27(26)24(19-21(2)3)22-11-7-5-8-12-22/h5-14,19-21,28H,4,15-18H2,1-3H3/b24-19+. The van der Waals surface area contributed by atoms with Crippen LogP contribution in [0.5, 0.6) is 0 Å². The zero-order valence-electron chi connectivity index (χ0n) is 18.9. The van der Waals surface area contributed by atoms with E-state index in [4.69, 9.17) is 9.47 Å². The molecule has 1 aliphatic heterocycles. The SMILES string of the molecule is CCOC1=C(/C(=C/C(C)C)c2ccccc2)C(N2CCOCC2)C(c2ccccc2)=C1. The Hall–Kier alpha value is -2.62. The average molecular weight is 416 g/mol. The van der Waals surface area contributed by atoms with Crippen LogP contribution in [0, 0.1) is 5.92 Å². The predicted octanol–water partition coefficient (Wildman–Crippen LogP) is 5.81. The molecule has 2 aromatic rings. The Balaban J connectivity index is 1.88. The molecule has 0 N–H and O–H groups in total. The minimum Gasteiger partial charge on any atom is -0.493 e. The van der Waals surface area contributed by atoms with E-state index in [9.17, 15) is 0 Å². The van der Waals surface area contributed by atoms with Crippen molar-refractivity contribution >= 4 is 11.1 Å². The van der Waals surface area contributed by atoms with Crippen molar-refractivity contribution in [2.75, 3.05) is 32.9 Å². The smallest absolute Gasteiger partial charge is 0.125 e. The zero-order valence-corrected chi connectivity index (χ0v) is 18.9. The molecule has 1 atom stereocenters. The highest BCUT2D eigenvalue weighted by molar-refractivity contribution is 5.91. The van der Waals surface area contributed by atoms with Gasteiger partial charge in [0.15, 0.2) is 0 Å². The molecule has 0 saturated carbocycles. The van der Waals surface area contributed by atoms with Gasteiger partial charge in [-0.25, -0.2) is 0 Å². The molecular formula is C28H33NO2. The number of hydrogen-bond acceptors (Lipinski definition) is 3. The summed E-state index contributed by atoms with van der Waals surface area (Å²) < 4.78 is 12.0. The van der Waals surface area contributed by atoms with E-state index < -0.39 is 0 Å². The third-order valence-corrected chi connectivity index (χ3v) is 5.81. The van der Waals surface area contributed by atoms with E-state index in [0.717, 1.165) is 32.1 Å². The Morgan fingerprint density at radius 3 is 2.29 bits per heavy atom. The number of hydrogen-bond donors (Lipinski definition) is 0. The highest BCUT2D eigenvalue weighted by Gasteiger charge is 2.37. The van der Waals surface area contributed by atoms with Gasteiger partial charge in [0.1, 0.15) is 5.76 Å². The lowest BCUT2D eigenvalue weighted by Gasteiger charge is -2.36. The number of benzene rings is 2. The van der Waals surface area contributed by atoms with Gasteiger partial charge in [-0.3, -0.25) is 4.90 Å². The molecule has 1 unspecified atom stereocenters. The quantitative estimate of drug-likeness (QED) is 0.569. The first-order valence-electron chi connectivity index (χ1n) is 11.4. The van der Waals surface area contributed by atoms with Gasteiger partial charge in [-0.2, -0.15) is 0 Å². The van der Waals surface area contributed by atoms with Gasteiger partial charge in [0, 0.05) is 18.7 Å². The number of ether oxygens (including phenoxy) is 2. The topological polar surface area (TPSA) is 21.7 Å². The maximum absolute atomic E-state index is 6.28. The summed E-state index contributed by atoms with van der Waals surface area (Å²) in [6.45, 7) is 10.6. The van der Waals surface area contributed by atoms with Crippen LogP contribution >= 0.6 is 0 Å². The van der Waals surface area contributed by atoms with Crippen molar-refractivity contribution in [2.45, 2.75) is 26.8 Å². The van der Waals surface area contributed by atoms with E-state index in [1.54, 1.807) is 0 Å². The Morgan fingerprint density at radius 1 is 1.03 bits per heavy atom. The van der Waals surface area contributed by atoms with Crippen LogP contribution in [0.3, 0.4) is 0 Å². The number of morpholine rings is 1. The van der Waals surface area contributed by atoms with E-state index in [1.165, 1.54) is 27.8 Å². The van der Waals surface area contributed by atoms with Gasteiger partial charge < -0.3 is 9.47 Å². The van der Waals surface area contributed by atoms with Crippen molar-refractivity contribution in [3.63, 3.8) is 0 Å². The normalized spacial score (nSPS) is 20.3. The van der Waals surface area contributed by atoms with E-state index in [2.05, 4.69) is 98.5 Å². The number of rotatable bonds is 7. The van der Waals surface area contributed by atoms with E-state index >= 15 is 0 Å². The average Bonchev–Trinajstić information content (AvgIpc) is 3.18. The van der Waals surface area contributed by atoms with Gasteiger partial charge in [0.25, 0.3) is 0 Å². The first-order chi connectivity index (χ1) is 15.2. The first-order valence-corrected chi connectivity index (χ1v) is 11.4. The fourth-order valence-electron chi connectivity index (χ4n) is 4.52. The number of nitrogens with zero attached hydrogens (tertiary/aromatic N) is 1. The minimum atomic E-state index is 0.151. The summed E-state index contributed by atoms with van der Waals surface area (Å²) in [5.74, 6) is 1.42. The predicted molar refractivity (Wildman–Crippen MR) is 129 cm³/mol. The molecule has 2 aliphatic rings. The molecule has 1 saturated heterocycles. The van der Waals surface area contributed by atoms with Gasteiger partial charge in [-0.1, -0.05) is 80.6 Å². The third-order valence-electron chi connectivity index (χ3n) is 5.81. The lowest BCUT2D eigenvalue weighted by molar-refractivity contribution is 0.0333. The van der Waals surface area contributed by atoms with Crippen LogP contribution < -0.4 is 0 Å². The Kier molecular flexibility index (Phi) is 7.06. The van der Waals surface area contributed by atoms with Crippen molar-refractivity contribution in [1.29, 1.82) is 0 Å². The van der Waals surface area contributed by atoms with Gasteiger partial charge >= 0.3 is 0 Å². The lowest BCUT2D eigenvalue weighted by Crippen LogP contribution is -2.44. The van der Waals surface area contributed by atoms with Crippen LogP contribution in [0.25, 0.3) is 11.1 Å². The van der Waals surface area contributed by atoms with Crippen molar-refractivity contribution in [2.24, 2.45) is 5.92 Å². The molecular weight excluding hydrogens is 382 g/mol. The second-order valence-corrected chi connectivity index (χ2v) is 8.42. The van der Waals surface area contributed by atoms with Crippen molar-refractivity contribution in [1.82, 2.24) is 4.90 Å². The maximum atomic E-state index is 6.28. The molecule has 1 heterocycles. The molecule has 4 rings (SSSR count). The summed E-state index contributed by atoms with van der Waals surface area (Å²) in [4.78, 5) is 2.56. The highest BCUT2D eigenvalue weighted by atomic mass is 16.5. The first kappa shape index (κ1) is 21.6. The molecule has 0 spiro atoms. The van der Waals surface area contributed by atoms with E-state index in [-0.39, 0.29) is 6.04 Å². The second kappa shape index (κ2) is 10.1. The Bertz CT molecular complexity index is 951. The van der Waals surface area contributed by atoms with Gasteiger partial charge in [0.2, 0.25) is 0 Å².